The molecule has 0 fully saturated rings. The lowest BCUT2D eigenvalue weighted by Crippen LogP contribution is -2.29. The summed E-state index contributed by atoms with van der Waals surface area (Å²) in [4.78, 5) is 0. The second kappa shape index (κ2) is 7.17. The number of allylic oxidation sites excluding steroid dienone is 1. The lowest BCUT2D eigenvalue weighted by molar-refractivity contribution is 0.592. The fourth-order valence-corrected chi connectivity index (χ4v) is 9.40. The van der Waals surface area contributed by atoms with Crippen LogP contribution < -0.4 is 15.9 Å². The number of fused-ring (bicyclic) bond motifs is 8. The Kier molecular flexibility index (Phi) is 4.24. The fourth-order valence-electron chi connectivity index (χ4n) is 6.34. The zero-order chi connectivity index (χ0) is 23.8. The van der Waals surface area contributed by atoms with E-state index < -0.39 is 7.14 Å². The summed E-state index contributed by atoms with van der Waals surface area (Å²) < 4.78 is 15.7. The molecule has 1 unspecified atom stereocenters. The molecule has 5 aromatic rings. The molecule has 2 heteroatoms. The predicted molar refractivity (Wildman–Crippen MR) is 149 cm³/mol. The van der Waals surface area contributed by atoms with Crippen LogP contribution in [0.5, 0.6) is 0 Å². The molecule has 0 amide bonds. The third-order valence-electron chi connectivity index (χ3n) is 7.87. The van der Waals surface area contributed by atoms with Crippen LogP contribution in [-0.4, -0.2) is 0 Å². The molecule has 0 bridgehead atoms. The molecule has 0 radical (unpaired) electrons. The van der Waals surface area contributed by atoms with Gasteiger partial charge in [0.1, 0.15) is 0 Å². The van der Waals surface area contributed by atoms with Crippen LogP contribution >= 0.6 is 7.14 Å². The first kappa shape index (κ1) is 20.7. The van der Waals surface area contributed by atoms with Crippen LogP contribution in [0.15, 0.2) is 115 Å². The Morgan fingerprint density at radius 3 is 2.09 bits per heavy atom. The molecular weight excluding hydrogens is 443 g/mol. The van der Waals surface area contributed by atoms with E-state index >= 15 is 4.57 Å². The van der Waals surface area contributed by atoms with Crippen LogP contribution in [0.2, 0.25) is 0 Å². The molecule has 35 heavy (non-hydrogen) atoms. The topological polar surface area (TPSA) is 17.1 Å². The predicted octanol–water partition coefficient (Wildman–Crippen LogP) is 7.04. The molecular formula is C33H25OP. The molecule has 5 aromatic carbocycles. The SMILES string of the molecule is CC1(C)C2=C(c3ccccc31)c1ccccc1P(=O)(c1ccccc1)c1ccc3ccccc3c12. The summed E-state index contributed by atoms with van der Waals surface area (Å²) in [6, 6.07) is 40.0. The van der Waals surface area contributed by atoms with Crippen molar-refractivity contribution in [1.29, 1.82) is 0 Å². The highest BCUT2D eigenvalue weighted by Crippen LogP contribution is 2.59. The maximum absolute atomic E-state index is 15.7. The average Bonchev–Trinajstić information content (AvgIpc) is 3.08. The van der Waals surface area contributed by atoms with E-state index in [-0.39, 0.29) is 5.41 Å². The lowest BCUT2D eigenvalue weighted by atomic mass is 9.76. The Balaban J connectivity index is 1.76. The van der Waals surface area contributed by atoms with Gasteiger partial charge in [-0.2, -0.15) is 0 Å². The quantitative estimate of drug-likeness (QED) is 0.241. The maximum Gasteiger partial charge on any atom is 0.172 e. The van der Waals surface area contributed by atoms with Crippen molar-refractivity contribution in [2.75, 3.05) is 0 Å². The third kappa shape index (κ3) is 2.62. The van der Waals surface area contributed by atoms with E-state index in [2.05, 4.69) is 92.7 Å². The summed E-state index contributed by atoms with van der Waals surface area (Å²) in [6.45, 7) is 4.64. The molecule has 168 valence electrons. The summed E-state index contributed by atoms with van der Waals surface area (Å²) in [6.07, 6.45) is 0. The fraction of sp³-hybridized carbons (Fsp3) is 0.0909. The van der Waals surface area contributed by atoms with Crippen LogP contribution in [0.4, 0.5) is 0 Å². The first-order valence-electron chi connectivity index (χ1n) is 12.2. The normalized spacial score (nSPS) is 19.5. The molecule has 1 heterocycles. The lowest BCUT2D eigenvalue weighted by Gasteiger charge is -2.29. The molecule has 2 aliphatic rings. The Hall–Kier alpha value is -3.67. The summed E-state index contributed by atoms with van der Waals surface area (Å²) in [5.41, 5.74) is 7.09. The molecule has 7 rings (SSSR count). The molecule has 0 spiro atoms. The van der Waals surface area contributed by atoms with Gasteiger partial charge in [0.2, 0.25) is 0 Å². The highest BCUT2D eigenvalue weighted by atomic mass is 31.2. The third-order valence-corrected chi connectivity index (χ3v) is 11.0. The number of benzene rings is 5. The van der Waals surface area contributed by atoms with Gasteiger partial charge in [-0.3, -0.25) is 0 Å². The largest absolute Gasteiger partial charge is 0.309 e. The number of hydrogen-bond donors (Lipinski definition) is 0. The monoisotopic (exact) mass is 468 g/mol. The summed E-state index contributed by atoms with van der Waals surface area (Å²) in [5.74, 6) is 0. The molecule has 1 aliphatic heterocycles. The van der Waals surface area contributed by atoms with Gasteiger partial charge < -0.3 is 4.57 Å². The molecule has 0 N–H and O–H groups in total. The van der Waals surface area contributed by atoms with Crippen molar-refractivity contribution in [3.05, 3.63) is 138 Å². The summed E-state index contributed by atoms with van der Waals surface area (Å²) >= 11 is 0. The van der Waals surface area contributed by atoms with Crippen molar-refractivity contribution in [2.45, 2.75) is 19.3 Å². The van der Waals surface area contributed by atoms with Crippen LogP contribution in [0, 0.1) is 0 Å². The van der Waals surface area contributed by atoms with Gasteiger partial charge in [-0.1, -0.05) is 123 Å². The smallest absolute Gasteiger partial charge is 0.172 e. The molecule has 1 nitrogen and oxygen atoms in total. The van der Waals surface area contributed by atoms with Crippen molar-refractivity contribution >= 4 is 45.0 Å². The van der Waals surface area contributed by atoms with E-state index in [1.807, 2.05) is 36.4 Å². The number of hydrogen-bond acceptors (Lipinski definition) is 1. The van der Waals surface area contributed by atoms with Gasteiger partial charge in [0, 0.05) is 21.3 Å². The van der Waals surface area contributed by atoms with Gasteiger partial charge in [0.15, 0.2) is 7.14 Å². The van der Waals surface area contributed by atoms with Crippen LogP contribution in [0.3, 0.4) is 0 Å². The van der Waals surface area contributed by atoms with E-state index in [0.717, 1.165) is 27.0 Å². The van der Waals surface area contributed by atoms with Crippen LogP contribution in [-0.2, 0) is 9.98 Å². The Morgan fingerprint density at radius 2 is 1.26 bits per heavy atom. The van der Waals surface area contributed by atoms with E-state index in [4.69, 9.17) is 0 Å². The van der Waals surface area contributed by atoms with Gasteiger partial charge in [-0.05, 0) is 50.2 Å². The van der Waals surface area contributed by atoms with Gasteiger partial charge in [0.05, 0.1) is 0 Å². The van der Waals surface area contributed by atoms with Crippen molar-refractivity contribution in [3.8, 4) is 0 Å². The minimum Gasteiger partial charge on any atom is -0.309 e. The van der Waals surface area contributed by atoms with E-state index in [1.54, 1.807) is 0 Å². The minimum absolute atomic E-state index is 0.232. The molecule has 0 saturated carbocycles. The number of rotatable bonds is 1. The van der Waals surface area contributed by atoms with E-state index in [9.17, 15) is 0 Å². The Bertz CT molecular complexity index is 1740. The highest BCUT2D eigenvalue weighted by Gasteiger charge is 2.46. The van der Waals surface area contributed by atoms with E-state index in [1.165, 1.54) is 33.0 Å². The molecule has 1 aliphatic carbocycles. The average molecular weight is 469 g/mol. The van der Waals surface area contributed by atoms with Crippen molar-refractivity contribution in [3.63, 3.8) is 0 Å². The highest BCUT2D eigenvalue weighted by molar-refractivity contribution is 7.85. The maximum atomic E-state index is 15.7. The standard InChI is InChI=1S/C33H25OP/c1-33(2)27-18-10-8-16-25(27)30-26-17-9-11-19-28(26)35(34,23-13-4-3-5-14-23)29-21-20-22-12-6-7-15-24(22)31(29)32(30)33/h3-21H,1-2H3. The van der Waals surface area contributed by atoms with Gasteiger partial charge in [0.25, 0.3) is 0 Å². The van der Waals surface area contributed by atoms with E-state index in [0.29, 0.717) is 0 Å². The van der Waals surface area contributed by atoms with Gasteiger partial charge in [-0.15, -0.1) is 0 Å². The van der Waals surface area contributed by atoms with Crippen molar-refractivity contribution < 1.29 is 4.57 Å². The Labute approximate surface area is 206 Å². The van der Waals surface area contributed by atoms with Crippen molar-refractivity contribution in [1.82, 2.24) is 0 Å². The van der Waals surface area contributed by atoms with Crippen LogP contribution in [0.25, 0.3) is 21.9 Å². The second-order valence-corrected chi connectivity index (χ2v) is 12.8. The molecule has 0 aromatic heterocycles. The van der Waals surface area contributed by atoms with Gasteiger partial charge >= 0.3 is 0 Å². The zero-order valence-electron chi connectivity index (χ0n) is 19.8. The molecule has 0 saturated heterocycles. The summed E-state index contributed by atoms with van der Waals surface area (Å²) in [5, 5.41) is 5.11. The minimum atomic E-state index is -3.16. The van der Waals surface area contributed by atoms with Gasteiger partial charge in [-0.25, -0.2) is 0 Å². The first-order valence-corrected chi connectivity index (χ1v) is 13.9. The summed E-state index contributed by atoms with van der Waals surface area (Å²) in [7, 11) is -3.16. The second-order valence-electron chi connectivity index (χ2n) is 10.1. The van der Waals surface area contributed by atoms with Crippen molar-refractivity contribution in [2.24, 2.45) is 0 Å². The zero-order valence-corrected chi connectivity index (χ0v) is 20.7. The van der Waals surface area contributed by atoms with Crippen LogP contribution in [0.1, 0.15) is 36.1 Å². The Morgan fingerprint density at radius 1 is 0.600 bits per heavy atom. The molecule has 1 atom stereocenters. The first-order chi connectivity index (χ1) is 17.0.